The van der Waals surface area contributed by atoms with Crippen molar-refractivity contribution in [2.24, 2.45) is 29.6 Å². The lowest BCUT2D eigenvalue weighted by molar-refractivity contribution is 0.0624. The van der Waals surface area contributed by atoms with Crippen LogP contribution in [0.4, 0.5) is 44.5 Å². The van der Waals surface area contributed by atoms with Crippen molar-refractivity contribution in [2.45, 2.75) is 122 Å². The molecule has 6 amide bonds. The van der Waals surface area contributed by atoms with Crippen molar-refractivity contribution >= 4 is 70.7 Å². The van der Waals surface area contributed by atoms with E-state index < -0.39 is 47.0 Å². The summed E-state index contributed by atoms with van der Waals surface area (Å²) in [4.78, 5) is 104. The van der Waals surface area contributed by atoms with Crippen molar-refractivity contribution in [1.29, 1.82) is 0 Å². The Morgan fingerprint density at radius 3 is 0.711 bits per heavy atom. The third-order valence-corrected chi connectivity index (χ3v) is 10.1. The van der Waals surface area contributed by atoms with Gasteiger partial charge in [-0.05, 0) is 71.1 Å². The molecule has 5 aromatic heterocycles. The molecule has 0 saturated carbocycles. The second-order valence-corrected chi connectivity index (χ2v) is 23.5. The van der Waals surface area contributed by atoms with E-state index in [1.165, 1.54) is 60.7 Å². The van der Waals surface area contributed by atoms with Crippen LogP contribution in [0.15, 0.2) is 60.7 Å². The van der Waals surface area contributed by atoms with Crippen molar-refractivity contribution in [3.63, 3.8) is 0 Å². The molecular formula is C59H79N11O13. The number of hydrogen-bond donors (Lipinski definition) is 6. The third-order valence-electron chi connectivity index (χ3n) is 10.1. The summed E-state index contributed by atoms with van der Waals surface area (Å²) in [5.74, 6) is -1.78. The summed E-state index contributed by atoms with van der Waals surface area (Å²) < 4.78 is 40.7. The summed E-state index contributed by atoms with van der Waals surface area (Å²) in [6, 6.07) is 14.3. The second kappa shape index (κ2) is 29.2. The van der Waals surface area contributed by atoms with Crippen molar-refractivity contribution in [3.8, 4) is 28.7 Å². The first-order valence-corrected chi connectivity index (χ1v) is 27.3. The van der Waals surface area contributed by atoms with Gasteiger partial charge in [-0.25, -0.2) is 34.5 Å². The van der Waals surface area contributed by atoms with Gasteiger partial charge in [-0.15, -0.1) is 0 Å². The largest absolute Gasteiger partial charge is 0.493 e. The van der Waals surface area contributed by atoms with Gasteiger partial charge in [0.25, 0.3) is 23.6 Å². The van der Waals surface area contributed by atoms with Crippen LogP contribution < -0.4 is 55.6 Å². The molecule has 0 aliphatic rings. The Balaban J connectivity index is 1.46. The highest BCUT2D eigenvalue weighted by molar-refractivity contribution is 6.08. The number of anilines is 6. The minimum Gasteiger partial charge on any atom is -0.493 e. The van der Waals surface area contributed by atoms with Crippen molar-refractivity contribution < 1.29 is 61.9 Å². The summed E-state index contributed by atoms with van der Waals surface area (Å²) in [6.45, 7) is 31.1. The summed E-state index contributed by atoms with van der Waals surface area (Å²) in [5, 5.41) is 15.9. The Morgan fingerprint density at radius 1 is 0.325 bits per heavy atom. The zero-order chi connectivity index (χ0) is 61.3. The number of nitrogens with one attached hydrogen (secondary N) is 6. The molecule has 0 unspecified atom stereocenters. The Labute approximate surface area is 484 Å². The molecule has 5 heterocycles. The number of carbonyl (C=O) groups is 6. The standard InChI is InChI=1S/C59H79N11O13/c1-32(2)27-77-37-17-42(60-44(19-37)54(73)67-48-23-40(80-30-35(7)8)25-50(63-48)69-56(75)82-58(11,12)13)52(71)65-46-21-39(79-29-34(5)6)22-47(62-46)66-53(72)43-18-38(78-28-33(3)4)20-45(61-43)55(74)68-49-24-41(81-31-36(9)10)26-51(64-49)70-57(76)83-59(14,15)16/h17-26,32-36H,27-31H2,1-16H3,(H2,62,65,66,71,72)(H2,63,67,69,73,75)(H2,64,68,70,74,76). The first kappa shape index (κ1) is 65.0. The minimum absolute atomic E-state index is 0.0132. The maximum absolute atomic E-state index is 14.3. The van der Waals surface area contributed by atoms with E-state index in [4.69, 9.17) is 33.2 Å². The Morgan fingerprint density at radius 2 is 0.518 bits per heavy atom. The summed E-state index contributed by atoms with van der Waals surface area (Å²) in [5.41, 5.74) is -2.57. The van der Waals surface area contributed by atoms with E-state index in [9.17, 15) is 28.8 Å². The molecule has 0 fully saturated rings. The molecule has 5 rings (SSSR count). The predicted molar refractivity (Wildman–Crippen MR) is 314 cm³/mol. The molecule has 5 aromatic rings. The molecule has 0 saturated heterocycles. The van der Waals surface area contributed by atoms with E-state index in [1.807, 2.05) is 69.2 Å². The Hall–Kier alpha value is -8.83. The fourth-order valence-electron chi connectivity index (χ4n) is 6.65. The molecule has 0 aliphatic heterocycles. The molecule has 0 aromatic carbocycles. The second-order valence-electron chi connectivity index (χ2n) is 23.5. The summed E-state index contributed by atoms with van der Waals surface area (Å²) in [6.07, 6.45) is -1.56. The van der Waals surface area contributed by atoms with Gasteiger partial charge in [-0.2, -0.15) is 0 Å². The molecule has 0 atom stereocenters. The van der Waals surface area contributed by atoms with Gasteiger partial charge in [0.1, 0.15) is 97.6 Å². The molecule has 0 aliphatic carbocycles. The van der Waals surface area contributed by atoms with Crippen LogP contribution in [0.25, 0.3) is 0 Å². The SMILES string of the molecule is CC(C)COc1cc(NC(=O)OC(C)(C)C)nc(NC(=O)c2cc(OCC(C)C)cc(C(=O)Nc3cc(OCC(C)C)cc(NC(=O)c4cc(OCC(C)C)cc(C(=O)Nc5cc(OCC(C)C)cc(NC(=O)OC(C)(C)C)n5)n4)n3)n2)c1. The Kier molecular flexibility index (Phi) is 22.9. The molecule has 6 N–H and O–H groups in total. The van der Waals surface area contributed by atoms with Crippen LogP contribution in [-0.2, 0) is 9.47 Å². The number of nitrogens with zero attached hydrogens (tertiary/aromatic N) is 5. The average Bonchev–Trinajstić information content (AvgIpc) is 3.48. The summed E-state index contributed by atoms with van der Waals surface area (Å²) >= 11 is 0. The van der Waals surface area contributed by atoms with Crippen LogP contribution in [0, 0.1) is 29.6 Å². The van der Waals surface area contributed by atoms with Gasteiger partial charge in [-0.3, -0.25) is 29.8 Å². The highest BCUT2D eigenvalue weighted by Gasteiger charge is 2.24. The lowest BCUT2D eigenvalue weighted by Crippen LogP contribution is -2.27. The average molecular weight is 1150 g/mol. The van der Waals surface area contributed by atoms with Gasteiger partial charge in [0, 0.05) is 60.7 Å². The van der Waals surface area contributed by atoms with Crippen LogP contribution in [0.2, 0.25) is 0 Å². The highest BCUT2D eigenvalue weighted by Crippen LogP contribution is 2.28. The molecule has 24 nitrogen and oxygen atoms in total. The molecule has 448 valence electrons. The number of carbonyl (C=O) groups excluding carboxylic acids is 6. The first-order valence-electron chi connectivity index (χ1n) is 27.3. The zero-order valence-corrected chi connectivity index (χ0v) is 50.2. The van der Waals surface area contributed by atoms with Crippen LogP contribution in [-0.4, -0.2) is 105 Å². The van der Waals surface area contributed by atoms with E-state index in [0.29, 0.717) is 24.7 Å². The normalized spacial score (nSPS) is 11.5. The summed E-state index contributed by atoms with van der Waals surface area (Å²) in [7, 11) is 0. The smallest absolute Gasteiger partial charge is 0.413 e. The van der Waals surface area contributed by atoms with Crippen molar-refractivity contribution in [3.05, 3.63) is 83.4 Å². The molecular weight excluding hydrogens is 1070 g/mol. The van der Waals surface area contributed by atoms with Gasteiger partial charge in [0.05, 0.1) is 33.0 Å². The van der Waals surface area contributed by atoms with E-state index >= 15 is 0 Å². The van der Waals surface area contributed by atoms with Gasteiger partial charge in [-0.1, -0.05) is 69.2 Å². The number of pyridine rings is 5. The Bertz CT molecular complexity index is 2900. The number of amides is 6. The number of ether oxygens (including phenoxy) is 7. The minimum atomic E-state index is -0.822. The van der Waals surface area contributed by atoms with Gasteiger partial charge in [0.2, 0.25) is 0 Å². The lowest BCUT2D eigenvalue weighted by atomic mass is 10.2. The van der Waals surface area contributed by atoms with Crippen LogP contribution in [0.5, 0.6) is 28.7 Å². The molecule has 0 bridgehead atoms. The molecule has 83 heavy (non-hydrogen) atoms. The van der Waals surface area contributed by atoms with E-state index in [0.717, 1.165) is 0 Å². The first-order chi connectivity index (χ1) is 38.8. The van der Waals surface area contributed by atoms with Crippen LogP contribution >= 0.6 is 0 Å². The quantitative estimate of drug-likeness (QED) is 0.0316. The third kappa shape index (κ3) is 23.3. The number of aromatic nitrogens is 5. The maximum Gasteiger partial charge on any atom is 0.413 e. The fraction of sp³-hybridized carbons (Fsp3) is 0.475. The molecule has 24 heteroatoms. The lowest BCUT2D eigenvalue weighted by Gasteiger charge is -2.20. The van der Waals surface area contributed by atoms with E-state index in [-0.39, 0.29) is 124 Å². The van der Waals surface area contributed by atoms with E-state index in [2.05, 4.69) is 56.8 Å². The predicted octanol–water partition coefficient (Wildman–Crippen LogP) is 11.5. The zero-order valence-electron chi connectivity index (χ0n) is 50.2. The van der Waals surface area contributed by atoms with E-state index in [1.54, 1.807) is 41.5 Å². The maximum atomic E-state index is 14.3. The molecule has 0 spiro atoms. The van der Waals surface area contributed by atoms with Crippen molar-refractivity contribution in [1.82, 2.24) is 24.9 Å². The number of hydrogen-bond acceptors (Lipinski definition) is 18. The topological polar surface area (TPSA) is 304 Å². The highest BCUT2D eigenvalue weighted by atomic mass is 16.6. The van der Waals surface area contributed by atoms with Crippen LogP contribution in [0.3, 0.4) is 0 Å². The monoisotopic (exact) mass is 1150 g/mol. The van der Waals surface area contributed by atoms with Gasteiger partial charge in [0.15, 0.2) is 0 Å². The van der Waals surface area contributed by atoms with Gasteiger partial charge >= 0.3 is 12.2 Å². The number of rotatable bonds is 25. The fourth-order valence-corrected chi connectivity index (χ4v) is 6.65. The van der Waals surface area contributed by atoms with Crippen molar-refractivity contribution in [2.75, 3.05) is 64.9 Å². The van der Waals surface area contributed by atoms with Gasteiger partial charge < -0.3 is 54.4 Å². The molecule has 0 radical (unpaired) electrons. The van der Waals surface area contributed by atoms with Crippen LogP contribution in [0.1, 0.15) is 153 Å².